The van der Waals surface area contributed by atoms with E-state index in [1.165, 1.54) is 16.7 Å². The lowest BCUT2D eigenvalue weighted by Crippen LogP contribution is -2.38. The quantitative estimate of drug-likeness (QED) is 0.106. The zero-order valence-electron chi connectivity index (χ0n) is 22.6. The van der Waals surface area contributed by atoms with Crippen LogP contribution < -0.4 is 9.47 Å². The lowest BCUT2D eigenvalue weighted by molar-refractivity contribution is -0.134. The summed E-state index contributed by atoms with van der Waals surface area (Å²) in [4.78, 5) is 29.9. The third-order valence-corrected chi connectivity index (χ3v) is 8.62. The minimum atomic E-state index is -0.442. The molecule has 42 heavy (non-hydrogen) atoms. The highest BCUT2D eigenvalue weighted by Gasteiger charge is 2.32. The van der Waals surface area contributed by atoms with Crippen LogP contribution in [0.3, 0.4) is 0 Å². The lowest BCUT2D eigenvalue weighted by Gasteiger charge is -2.26. The van der Waals surface area contributed by atoms with E-state index in [2.05, 4.69) is 4.90 Å². The maximum Gasteiger partial charge on any atom is 0.312 e. The molecule has 2 heterocycles. The topological polar surface area (TPSA) is 68.3 Å². The molecule has 11 heteroatoms. The van der Waals surface area contributed by atoms with Gasteiger partial charge in [-0.05, 0) is 48.0 Å². The van der Waals surface area contributed by atoms with Gasteiger partial charge in [0.25, 0.3) is 5.91 Å². The van der Waals surface area contributed by atoms with Gasteiger partial charge in [0.2, 0.25) is 0 Å². The van der Waals surface area contributed by atoms with Gasteiger partial charge in [-0.25, -0.2) is 0 Å². The van der Waals surface area contributed by atoms with Crippen LogP contribution >= 0.6 is 47.2 Å². The summed E-state index contributed by atoms with van der Waals surface area (Å²) in [7, 11) is 0. The third-order valence-electron chi connectivity index (χ3n) is 6.70. The molecule has 0 bridgehead atoms. The van der Waals surface area contributed by atoms with E-state index in [0.29, 0.717) is 56.2 Å². The number of thiocarbonyl (C=S) groups is 1. The van der Waals surface area contributed by atoms with Crippen LogP contribution in [-0.2, 0) is 14.3 Å². The number of carbonyl (C=O) groups is 2. The Kier molecular flexibility index (Phi) is 10.5. The Labute approximate surface area is 264 Å². The lowest BCUT2D eigenvalue weighted by atomic mass is 10.0. The first-order chi connectivity index (χ1) is 20.4. The van der Waals surface area contributed by atoms with Crippen molar-refractivity contribution >= 4 is 69.5 Å². The minimum absolute atomic E-state index is 0.00899. The number of carbonyl (C=O) groups excluding carboxylic acids is 2. The molecular formula is C31H28Cl2N2O5S2. The number of hydrogen-bond acceptors (Lipinski definition) is 8. The zero-order valence-corrected chi connectivity index (χ0v) is 25.7. The van der Waals surface area contributed by atoms with Gasteiger partial charge in [-0.2, -0.15) is 0 Å². The van der Waals surface area contributed by atoms with E-state index in [1.54, 1.807) is 42.5 Å². The smallest absolute Gasteiger partial charge is 0.312 e. The summed E-state index contributed by atoms with van der Waals surface area (Å²) in [6.45, 7) is 4.52. The molecule has 0 saturated carbocycles. The molecular weight excluding hydrogens is 615 g/mol. The third kappa shape index (κ3) is 7.92. The highest BCUT2D eigenvalue weighted by molar-refractivity contribution is 8.26. The van der Waals surface area contributed by atoms with Crippen LogP contribution in [0.5, 0.6) is 11.5 Å². The SMILES string of the molecule is O=C(CCN1C(=O)/C(=C/c2cc(-c3ccc(Cl)cc3Cl)ccc2OCCN2CCOCC2)SC1=S)Oc1ccccc1. The van der Waals surface area contributed by atoms with Gasteiger partial charge in [-0.15, -0.1) is 0 Å². The van der Waals surface area contributed by atoms with E-state index >= 15 is 0 Å². The monoisotopic (exact) mass is 642 g/mol. The van der Waals surface area contributed by atoms with Crippen molar-refractivity contribution in [1.29, 1.82) is 0 Å². The van der Waals surface area contributed by atoms with E-state index in [1.807, 2.05) is 30.3 Å². The normalized spacial score (nSPS) is 16.7. The number of morpholine rings is 1. The maximum absolute atomic E-state index is 13.4. The minimum Gasteiger partial charge on any atom is -0.492 e. The van der Waals surface area contributed by atoms with Crippen LogP contribution in [0.15, 0.2) is 71.6 Å². The highest BCUT2D eigenvalue weighted by Crippen LogP contribution is 2.37. The molecule has 7 nitrogen and oxygen atoms in total. The Morgan fingerprint density at radius 2 is 1.81 bits per heavy atom. The standard InChI is InChI=1S/C31H28Cl2N2O5S2/c32-23-7-8-25(26(33)20-23)21-6-9-27(39-17-14-34-12-15-38-16-13-34)22(18-21)19-28-30(37)35(31(41)42-28)11-10-29(36)40-24-4-2-1-3-5-24/h1-9,18-20H,10-17H2/b28-19-. The van der Waals surface area contributed by atoms with Gasteiger partial charge in [0.1, 0.15) is 22.4 Å². The van der Waals surface area contributed by atoms with Crippen molar-refractivity contribution in [1.82, 2.24) is 9.80 Å². The average molecular weight is 644 g/mol. The van der Waals surface area contributed by atoms with Crippen LogP contribution in [0.2, 0.25) is 10.0 Å². The van der Waals surface area contributed by atoms with E-state index in [0.717, 1.165) is 30.8 Å². The van der Waals surface area contributed by atoms with Gasteiger partial charge < -0.3 is 14.2 Å². The number of ether oxygens (including phenoxy) is 3. The second kappa shape index (κ2) is 14.5. The van der Waals surface area contributed by atoms with Gasteiger partial charge in [-0.3, -0.25) is 19.4 Å². The molecule has 2 aliphatic heterocycles. The van der Waals surface area contributed by atoms with Gasteiger partial charge >= 0.3 is 5.97 Å². The van der Waals surface area contributed by atoms with Gasteiger partial charge in [-0.1, -0.05) is 77.5 Å². The molecule has 5 rings (SSSR count). The molecule has 0 spiro atoms. The first kappa shape index (κ1) is 30.5. The van der Waals surface area contributed by atoms with Crippen molar-refractivity contribution in [3.63, 3.8) is 0 Å². The zero-order chi connectivity index (χ0) is 29.5. The van der Waals surface area contributed by atoms with Crippen molar-refractivity contribution in [2.24, 2.45) is 0 Å². The van der Waals surface area contributed by atoms with Crippen LogP contribution in [0.4, 0.5) is 0 Å². The predicted molar refractivity (Wildman–Crippen MR) is 171 cm³/mol. The van der Waals surface area contributed by atoms with Crippen molar-refractivity contribution in [2.75, 3.05) is 46.0 Å². The molecule has 2 fully saturated rings. The Bertz CT molecular complexity index is 1500. The second-order valence-corrected chi connectivity index (χ2v) is 12.1. The summed E-state index contributed by atoms with van der Waals surface area (Å²) in [5, 5.41) is 1.06. The fourth-order valence-corrected chi connectivity index (χ4v) is 6.32. The number of halogens is 2. The van der Waals surface area contributed by atoms with Crippen LogP contribution in [0, 0.1) is 0 Å². The fourth-order valence-electron chi connectivity index (χ4n) is 4.50. The molecule has 1 amide bonds. The average Bonchev–Trinajstić information content (AvgIpc) is 3.25. The Morgan fingerprint density at radius 3 is 2.57 bits per heavy atom. The van der Waals surface area contributed by atoms with E-state index in [4.69, 9.17) is 49.6 Å². The largest absolute Gasteiger partial charge is 0.492 e. The molecule has 0 radical (unpaired) electrons. The van der Waals surface area contributed by atoms with Crippen LogP contribution in [0.25, 0.3) is 17.2 Å². The molecule has 0 aliphatic carbocycles. The summed E-state index contributed by atoms with van der Waals surface area (Å²) in [6, 6.07) is 19.9. The molecule has 2 saturated heterocycles. The summed E-state index contributed by atoms with van der Waals surface area (Å²) >= 11 is 19.3. The van der Waals surface area contributed by atoms with Gasteiger partial charge in [0.15, 0.2) is 0 Å². The van der Waals surface area contributed by atoms with Crippen molar-refractivity contribution < 1.29 is 23.8 Å². The number of nitrogens with zero attached hydrogens (tertiary/aromatic N) is 2. The van der Waals surface area contributed by atoms with Crippen molar-refractivity contribution in [3.8, 4) is 22.6 Å². The first-order valence-corrected chi connectivity index (χ1v) is 15.4. The number of amides is 1. The fraction of sp³-hybridized carbons (Fsp3) is 0.258. The highest BCUT2D eigenvalue weighted by atomic mass is 35.5. The second-order valence-electron chi connectivity index (χ2n) is 9.55. The summed E-state index contributed by atoms with van der Waals surface area (Å²) < 4.78 is 17.4. The van der Waals surface area contributed by atoms with Crippen molar-refractivity contribution in [2.45, 2.75) is 6.42 Å². The molecule has 0 unspecified atom stereocenters. The number of esters is 1. The molecule has 0 aromatic heterocycles. The molecule has 218 valence electrons. The van der Waals surface area contributed by atoms with Gasteiger partial charge in [0, 0.05) is 47.4 Å². The van der Waals surface area contributed by atoms with Gasteiger partial charge in [0.05, 0.1) is 24.5 Å². The summed E-state index contributed by atoms with van der Waals surface area (Å²) in [5.74, 6) is 0.373. The molecule has 0 atom stereocenters. The number of benzene rings is 3. The van der Waals surface area contributed by atoms with Crippen LogP contribution in [-0.4, -0.2) is 72.0 Å². The molecule has 0 N–H and O–H groups in total. The molecule has 2 aliphatic rings. The number of rotatable bonds is 10. The molecule has 3 aromatic carbocycles. The summed E-state index contributed by atoms with van der Waals surface area (Å²) in [6.07, 6.45) is 1.79. The number of hydrogen-bond donors (Lipinski definition) is 0. The number of para-hydroxylation sites is 1. The predicted octanol–water partition coefficient (Wildman–Crippen LogP) is 6.57. The first-order valence-electron chi connectivity index (χ1n) is 13.4. The number of thioether (sulfide) groups is 1. The van der Waals surface area contributed by atoms with Crippen molar-refractivity contribution in [3.05, 3.63) is 87.2 Å². The van der Waals surface area contributed by atoms with E-state index in [-0.39, 0.29) is 18.9 Å². The maximum atomic E-state index is 13.4. The Hall–Kier alpha value is -2.92. The molecule has 3 aromatic rings. The van der Waals surface area contributed by atoms with E-state index in [9.17, 15) is 9.59 Å². The Morgan fingerprint density at radius 1 is 1.02 bits per heavy atom. The van der Waals surface area contributed by atoms with Crippen LogP contribution in [0.1, 0.15) is 12.0 Å². The summed E-state index contributed by atoms with van der Waals surface area (Å²) in [5.41, 5.74) is 2.37. The Balaban J connectivity index is 1.33. The van der Waals surface area contributed by atoms with E-state index < -0.39 is 5.97 Å².